The summed E-state index contributed by atoms with van der Waals surface area (Å²) in [5, 5.41) is 33.0. The van der Waals surface area contributed by atoms with Crippen molar-refractivity contribution in [3.8, 4) is 0 Å². The zero-order valence-corrected chi connectivity index (χ0v) is 9.58. The molecule has 0 spiro atoms. The maximum Gasteiger partial charge on any atom is 1.00 e. The van der Waals surface area contributed by atoms with Crippen molar-refractivity contribution in [1.82, 2.24) is 0 Å². The Balaban J connectivity index is -0.00000000821. The minimum Gasteiger partial charge on any atom is -0.554 e. The molecule has 0 aromatic rings. The molecule has 0 aliphatic carbocycles. The van der Waals surface area contributed by atoms with Gasteiger partial charge in [0, 0.05) is 25.9 Å². The Morgan fingerprint density at radius 1 is 0.438 bits per heavy atom. The molecule has 0 fully saturated rings. The zero-order chi connectivity index (χ0) is 10.8. The first-order valence-corrected chi connectivity index (χ1v) is 1.89. The van der Waals surface area contributed by atoms with Crippen molar-refractivity contribution in [3.05, 3.63) is 0 Å². The standard InChI is InChI=1S/4CH2O2.4Li/c4*2-1-3;;;;/h4*1H,(H,2,3);;;;/q;;;;4*+1/p-4. The second-order valence-corrected chi connectivity index (χ2v) is 0.385. The summed E-state index contributed by atoms with van der Waals surface area (Å²) in [5.74, 6) is 0. The summed E-state index contributed by atoms with van der Waals surface area (Å²) in [7, 11) is 0. The van der Waals surface area contributed by atoms with Gasteiger partial charge in [-0.05, 0) is 0 Å². The van der Waals surface area contributed by atoms with E-state index in [9.17, 15) is 0 Å². The van der Waals surface area contributed by atoms with Crippen LogP contribution in [-0.4, -0.2) is 25.9 Å². The molecular weight excluding hydrogens is 204 g/mol. The van der Waals surface area contributed by atoms with Crippen molar-refractivity contribution < 1.29 is 115 Å². The summed E-state index contributed by atoms with van der Waals surface area (Å²) in [6.45, 7) is -2.00. The van der Waals surface area contributed by atoms with Gasteiger partial charge in [-0.25, -0.2) is 0 Å². The normalized spacial score (nSPS) is 3.00. The van der Waals surface area contributed by atoms with Gasteiger partial charge in [-0.2, -0.15) is 0 Å². The monoisotopic (exact) mass is 208 g/mol. The van der Waals surface area contributed by atoms with Gasteiger partial charge in [0.1, 0.15) is 0 Å². The van der Waals surface area contributed by atoms with Gasteiger partial charge in [-0.15, -0.1) is 0 Å². The van der Waals surface area contributed by atoms with Crippen LogP contribution < -0.4 is 95.9 Å². The Morgan fingerprint density at radius 3 is 0.438 bits per heavy atom. The van der Waals surface area contributed by atoms with E-state index in [1.165, 1.54) is 0 Å². The number of rotatable bonds is 0. The van der Waals surface area contributed by atoms with Gasteiger partial charge in [0.25, 0.3) is 0 Å². The Bertz CT molecular complexity index is 78.0. The molecule has 0 saturated carbocycles. The van der Waals surface area contributed by atoms with Crippen molar-refractivity contribution in [2.45, 2.75) is 0 Å². The van der Waals surface area contributed by atoms with E-state index in [2.05, 4.69) is 0 Å². The summed E-state index contributed by atoms with van der Waals surface area (Å²) in [5.41, 5.74) is 0. The second-order valence-electron chi connectivity index (χ2n) is 0.385. The van der Waals surface area contributed by atoms with E-state index in [-0.39, 0.29) is 75.4 Å². The first kappa shape index (κ1) is 55.5. The van der Waals surface area contributed by atoms with E-state index in [0.717, 1.165) is 0 Å². The maximum absolute atomic E-state index is 8.25. The summed E-state index contributed by atoms with van der Waals surface area (Å²) in [4.78, 5) is 33.0. The average molecular weight is 208 g/mol. The Morgan fingerprint density at radius 2 is 0.438 bits per heavy atom. The Hall–Kier alpha value is 0.270. The molecule has 0 radical (unpaired) electrons. The van der Waals surface area contributed by atoms with Crippen molar-refractivity contribution >= 4 is 25.9 Å². The average Bonchev–Trinajstić information content (AvgIpc) is 1.92. The van der Waals surface area contributed by atoms with Crippen LogP contribution in [0.2, 0.25) is 0 Å². The van der Waals surface area contributed by atoms with Crippen molar-refractivity contribution in [2.75, 3.05) is 0 Å². The van der Waals surface area contributed by atoms with Crippen LogP contribution in [-0.2, 0) is 19.2 Å². The van der Waals surface area contributed by atoms with Crippen LogP contribution in [0.25, 0.3) is 0 Å². The Labute approximate surface area is 140 Å². The molecule has 8 nitrogen and oxygen atoms in total. The van der Waals surface area contributed by atoms with Crippen LogP contribution >= 0.6 is 0 Å². The first-order chi connectivity index (χ1) is 5.66. The van der Waals surface area contributed by atoms with Crippen molar-refractivity contribution in [3.63, 3.8) is 0 Å². The smallest absolute Gasteiger partial charge is 0.554 e. The molecule has 0 aliphatic heterocycles. The molecule has 0 aromatic carbocycles. The van der Waals surface area contributed by atoms with E-state index in [1.807, 2.05) is 0 Å². The summed E-state index contributed by atoms with van der Waals surface area (Å²) >= 11 is 0. The predicted octanol–water partition coefficient (Wildman–Crippen LogP) is -18.5. The van der Waals surface area contributed by atoms with Crippen LogP contribution in [0.4, 0.5) is 0 Å². The zero-order valence-electron chi connectivity index (χ0n) is 9.58. The van der Waals surface area contributed by atoms with Gasteiger partial charge in [-0.1, -0.05) is 0 Å². The van der Waals surface area contributed by atoms with Gasteiger partial charge in [0.15, 0.2) is 0 Å². The first-order valence-electron chi connectivity index (χ1n) is 1.89. The molecule has 72 valence electrons. The van der Waals surface area contributed by atoms with E-state index in [0.29, 0.717) is 0 Å². The molecule has 0 saturated heterocycles. The molecule has 0 aliphatic rings. The summed E-state index contributed by atoms with van der Waals surface area (Å²) in [6, 6.07) is 0. The molecular formula is C4H4Li4O8. The number of hydrogen-bond donors (Lipinski definition) is 0. The Kier molecular flexibility index (Phi) is 591. The van der Waals surface area contributed by atoms with Gasteiger partial charge in [-0.3, -0.25) is 0 Å². The van der Waals surface area contributed by atoms with Crippen LogP contribution in [0.15, 0.2) is 0 Å². The molecule has 16 heavy (non-hydrogen) atoms. The molecule has 0 heterocycles. The largest absolute Gasteiger partial charge is 1.00 e. The second kappa shape index (κ2) is 171. The van der Waals surface area contributed by atoms with E-state index < -0.39 is 25.9 Å². The van der Waals surface area contributed by atoms with Crippen molar-refractivity contribution in [2.24, 2.45) is 0 Å². The fourth-order valence-electron chi connectivity index (χ4n) is 0. The summed E-state index contributed by atoms with van der Waals surface area (Å²) in [6.07, 6.45) is 0. The molecule has 0 atom stereocenters. The van der Waals surface area contributed by atoms with Gasteiger partial charge >= 0.3 is 75.4 Å². The minimum absolute atomic E-state index is 0. The number of carbonyl (C=O) groups excluding carboxylic acids is 4. The fraction of sp³-hybridized carbons (Fsp3) is 0. The van der Waals surface area contributed by atoms with Gasteiger partial charge in [0.2, 0.25) is 0 Å². The third-order valence-corrected chi connectivity index (χ3v) is 0. The van der Waals surface area contributed by atoms with Crippen LogP contribution in [0.3, 0.4) is 0 Å². The van der Waals surface area contributed by atoms with E-state index in [1.54, 1.807) is 0 Å². The van der Waals surface area contributed by atoms with Crippen LogP contribution in [0.5, 0.6) is 0 Å². The quantitative estimate of drug-likeness (QED) is 0.279. The fourth-order valence-corrected chi connectivity index (χ4v) is 0. The maximum atomic E-state index is 8.25. The van der Waals surface area contributed by atoms with Crippen LogP contribution in [0, 0.1) is 0 Å². The molecule has 0 N–H and O–H groups in total. The third kappa shape index (κ3) is 34600. The predicted molar refractivity (Wildman–Crippen MR) is 24.3 cm³/mol. The molecule has 0 unspecified atom stereocenters. The third-order valence-electron chi connectivity index (χ3n) is 0. The van der Waals surface area contributed by atoms with Crippen LogP contribution in [0.1, 0.15) is 0 Å². The molecule has 0 aromatic heterocycles. The van der Waals surface area contributed by atoms with E-state index in [4.69, 9.17) is 39.6 Å². The van der Waals surface area contributed by atoms with Gasteiger partial charge < -0.3 is 39.6 Å². The number of carbonyl (C=O) groups is 4. The topological polar surface area (TPSA) is 161 Å². The molecule has 12 heteroatoms. The minimum atomic E-state index is -0.500. The molecule has 0 amide bonds. The summed E-state index contributed by atoms with van der Waals surface area (Å²) < 4.78 is 0. The van der Waals surface area contributed by atoms with E-state index >= 15 is 0 Å². The molecule has 0 rings (SSSR count). The number of carboxylic acid groups (broad SMARTS) is 4. The van der Waals surface area contributed by atoms with Gasteiger partial charge in [0.05, 0.1) is 0 Å². The SMILES string of the molecule is O=C[O-].O=C[O-].O=C[O-].O=C[O-].[Li+].[Li+].[Li+].[Li+]. The number of hydrogen-bond acceptors (Lipinski definition) is 8. The molecule has 0 bridgehead atoms. The van der Waals surface area contributed by atoms with Crippen molar-refractivity contribution in [1.29, 1.82) is 0 Å².